The summed E-state index contributed by atoms with van der Waals surface area (Å²) in [5, 5.41) is 2.94. The molecule has 0 atom stereocenters. The van der Waals surface area contributed by atoms with Gasteiger partial charge in [-0.2, -0.15) is 0 Å². The second-order valence-corrected chi connectivity index (χ2v) is 4.92. The van der Waals surface area contributed by atoms with Gasteiger partial charge >= 0.3 is 0 Å². The predicted octanol–water partition coefficient (Wildman–Crippen LogP) is 2.43. The molecule has 0 aromatic heterocycles. The first-order chi connectivity index (χ1) is 9.74. The lowest BCUT2D eigenvalue weighted by Crippen LogP contribution is -2.34. The van der Waals surface area contributed by atoms with E-state index >= 15 is 0 Å². The topological polar surface area (TPSA) is 32.3 Å². The molecule has 0 fully saturated rings. The van der Waals surface area contributed by atoms with Crippen molar-refractivity contribution in [1.82, 2.24) is 10.2 Å². The number of benzene rings is 2. The molecule has 104 valence electrons. The van der Waals surface area contributed by atoms with Crippen molar-refractivity contribution in [2.75, 3.05) is 13.6 Å². The van der Waals surface area contributed by atoms with E-state index in [9.17, 15) is 4.79 Å². The average molecular weight is 268 g/mol. The van der Waals surface area contributed by atoms with Crippen LogP contribution in [0.15, 0.2) is 60.7 Å². The van der Waals surface area contributed by atoms with Crippen LogP contribution in [0.4, 0.5) is 0 Å². The van der Waals surface area contributed by atoms with Crippen LogP contribution in [0.1, 0.15) is 11.1 Å². The van der Waals surface area contributed by atoms with Crippen molar-refractivity contribution in [1.29, 1.82) is 0 Å². The number of carbonyl (C=O) groups excluding carboxylic acids is 1. The normalized spacial score (nSPS) is 10.5. The van der Waals surface area contributed by atoms with E-state index < -0.39 is 0 Å². The van der Waals surface area contributed by atoms with Gasteiger partial charge in [-0.25, -0.2) is 0 Å². The molecule has 1 amide bonds. The fourth-order valence-corrected chi connectivity index (χ4v) is 2.05. The Balaban J connectivity index is 1.74. The lowest BCUT2D eigenvalue weighted by atomic mass is 10.2. The summed E-state index contributed by atoms with van der Waals surface area (Å²) in [6.45, 7) is 1.76. The smallest absolute Gasteiger partial charge is 0.234 e. The molecule has 0 aliphatic heterocycles. The van der Waals surface area contributed by atoms with Crippen LogP contribution in [-0.4, -0.2) is 24.4 Å². The Hall–Kier alpha value is -2.13. The van der Waals surface area contributed by atoms with Crippen molar-refractivity contribution in [3.05, 3.63) is 71.8 Å². The highest BCUT2D eigenvalue weighted by Gasteiger charge is 2.06. The summed E-state index contributed by atoms with van der Waals surface area (Å²) >= 11 is 0. The zero-order valence-corrected chi connectivity index (χ0v) is 11.8. The van der Waals surface area contributed by atoms with E-state index in [1.165, 1.54) is 5.56 Å². The molecule has 0 heterocycles. The molecule has 0 saturated carbocycles. The molecular formula is C17H20N2O. The largest absolute Gasteiger partial charge is 0.351 e. The van der Waals surface area contributed by atoms with E-state index in [1.807, 2.05) is 60.5 Å². The summed E-state index contributed by atoms with van der Waals surface area (Å²) in [6.07, 6.45) is 0. The lowest BCUT2D eigenvalue weighted by molar-refractivity contribution is -0.122. The molecule has 0 aliphatic rings. The summed E-state index contributed by atoms with van der Waals surface area (Å²) in [4.78, 5) is 13.9. The molecule has 0 saturated heterocycles. The Morgan fingerprint density at radius 3 is 2.10 bits per heavy atom. The number of hydrogen-bond acceptors (Lipinski definition) is 2. The van der Waals surface area contributed by atoms with E-state index in [0.717, 1.165) is 12.1 Å². The van der Waals surface area contributed by atoms with Gasteiger partial charge < -0.3 is 5.32 Å². The lowest BCUT2D eigenvalue weighted by Gasteiger charge is -2.16. The first kappa shape index (κ1) is 14.3. The van der Waals surface area contributed by atoms with Gasteiger partial charge in [-0.3, -0.25) is 9.69 Å². The molecule has 3 heteroatoms. The standard InChI is InChI=1S/C17H20N2O/c1-19(13-16-10-6-3-7-11-16)14-17(20)18-12-15-8-4-2-5-9-15/h2-11H,12-14H2,1H3,(H,18,20). The zero-order valence-electron chi connectivity index (χ0n) is 11.8. The van der Waals surface area contributed by atoms with Gasteiger partial charge in [0.25, 0.3) is 0 Å². The number of nitrogens with zero attached hydrogens (tertiary/aromatic N) is 1. The van der Waals surface area contributed by atoms with Crippen LogP contribution >= 0.6 is 0 Å². The van der Waals surface area contributed by atoms with Gasteiger partial charge in [-0.05, 0) is 18.2 Å². The van der Waals surface area contributed by atoms with Gasteiger partial charge in [0, 0.05) is 13.1 Å². The number of carbonyl (C=O) groups is 1. The quantitative estimate of drug-likeness (QED) is 0.872. The van der Waals surface area contributed by atoms with Gasteiger partial charge in [0.2, 0.25) is 5.91 Å². The summed E-state index contributed by atoms with van der Waals surface area (Å²) in [6, 6.07) is 20.1. The van der Waals surface area contributed by atoms with Gasteiger partial charge in [0.1, 0.15) is 0 Å². The number of nitrogens with one attached hydrogen (secondary N) is 1. The van der Waals surface area contributed by atoms with Crippen molar-refractivity contribution in [3.8, 4) is 0 Å². The molecule has 0 aliphatic carbocycles. The third kappa shape index (κ3) is 4.86. The van der Waals surface area contributed by atoms with Crippen molar-refractivity contribution in [2.45, 2.75) is 13.1 Å². The Labute approximate surface area is 120 Å². The van der Waals surface area contributed by atoms with Crippen molar-refractivity contribution < 1.29 is 4.79 Å². The molecule has 2 rings (SSSR count). The molecule has 1 N–H and O–H groups in total. The highest BCUT2D eigenvalue weighted by Crippen LogP contribution is 2.02. The Morgan fingerprint density at radius 2 is 1.50 bits per heavy atom. The number of rotatable bonds is 6. The Morgan fingerprint density at radius 1 is 0.950 bits per heavy atom. The van der Waals surface area contributed by atoms with Crippen LogP contribution in [-0.2, 0) is 17.9 Å². The van der Waals surface area contributed by atoms with Gasteiger partial charge in [-0.1, -0.05) is 60.7 Å². The predicted molar refractivity (Wildman–Crippen MR) is 81.1 cm³/mol. The summed E-state index contributed by atoms with van der Waals surface area (Å²) < 4.78 is 0. The second-order valence-electron chi connectivity index (χ2n) is 4.92. The number of hydrogen-bond donors (Lipinski definition) is 1. The van der Waals surface area contributed by atoms with Crippen LogP contribution in [0.25, 0.3) is 0 Å². The first-order valence-corrected chi connectivity index (χ1v) is 6.77. The minimum absolute atomic E-state index is 0.0484. The number of likely N-dealkylation sites (N-methyl/N-ethyl adjacent to an activating group) is 1. The fraction of sp³-hybridized carbons (Fsp3) is 0.235. The van der Waals surface area contributed by atoms with Crippen LogP contribution < -0.4 is 5.32 Å². The molecule has 2 aromatic carbocycles. The maximum atomic E-state index is 11.9. The maximum absolute atomic E-state index is 11.9. The molecule has 2 aromatic rings. The Bertz CT molecular complexity index is 525. The minimum Gasteiger partial charge on any atom is -0.351 e. The van der Waals surface area contributed by atoms with E-state index in [-0.39, 0.29) is 5.91 Å². The Kier molecular flexibility index (Phi) is 5.33. The zero-order chi connectivity index (χ0) is 14.2. The minimum atomic E-state index is 0.0484. The SMILES string of the molecule is CN(CC(=O)NCc1ccccc1)Cc1ccccc1. The molecular weight excluding hydrogens is 248 g/mol. The third-order valence-corrected chi connectivity index (χ3v) is 3.04. The highest BCUT2D eigenvalue weighted by atomic mass is 16.2. The van der Waals surface area contributed by atoms with Crippen LogP contribution in [0.2, 0.25) is 0 Å². The second kappa shape index (κ2) is 7.46. The molecule has 0 unspecified atom stereocenters. The molecule has 0 spiro atoms. The number of amides is 1. The average Bonchev–Trinajstić information content (AvgIpc) is 2.47. The van der Waals surface area contributed by atoms with Crippen molar-refractivity contribution in [3.63, 3.8) is 0 Å². The van der Waals surface area contributed by atoms with E-state index in [4.69, 9.17) is 0 Å². The van der Waals surface area contributed by atoms with E-state index in [0.29, 0.717) is 13.1 Å². The van der Waals surface area contributed by atoms with Gasteiger partial charge in [0.05, 0.1) is 6.54 Å². The van der Waals surface area contributed by atoms with Crippen LogP contribution in [0.3, 0.4) is 0 Å². The van der Waals surface area contributed by atoms with Gasteiger partial charge in [0.15, 0.2) is 0 Å². The summed E-state index contributed by atoms with van der Waals surface area (Å²) in [7, 11) is 1.95. The first-order valence-electron chi connectivity index (χ1n) is 6.77. The summed E-state index contributed by atoms with van der Waals surface area (Å²) in [5.41, 5.74) is 2.33. The maximum Gasteiger partial charge on any atom is 0.234 e. The van der Waals surface area contributed by atoms with Crippen LogP contribution in [0.5, 0.6) is 0 Å². The van der Waals surface area contributed by atoms with E-state index in [2.05, 4.69) is 17.4 Å². The van der Waals surface area contributed by atoms with Gasteiger partial charge in [-0.15, -0.1) is 0 Å². The molecule has 20 heavy (non-hydrogen) atoms. The monoisotopic (exact) mass is 268 g/mol. The van der Waals surface area contributed by atoms with Crippen molar-refractivity contribution in [2.24, 2.45) is 0 Å². The fourth-order valence-electron chi connectivity index (χ4n) is 2.05. The van der Waals surface area contributed by atoms with Crippen molar-refractivity contribution >= 4 is 5.91 Å². The third-order valence-electron chi connectivity index (χ3n) is 3.04. The summed E-state index contributed by atoms with van der Waals surface area (Å²) in [5.74, 6) is 0.0484. The molecule has 0 radical (unpaired) electrons. The molecule has 0 bridgehead atoms. The molecule has 3 nitrogen and oxygen atoms in total. The van der Waals surface area contributed by atoms with Crippen LogP contribution in [0, 0.1) is 0 Å². The van der Waals surface area contributed by atoms with E-state index in [1.54, 1.807) is 0 Å². The highest BCUT2D eigenvalue weighted by molar-refractivity contribution is 5.77.